The van der Waals surface area contributed by atoms with Crippen LogP contribution in [0.5, 0.6) is 0 Å². The third-order valence-electron chi connectivity index (χ3n) is 5.79. The maximum atomic E-state index is 13.7. The molecular formula is C29H21NO3S2. The highest BCUT2D eigenvalue weighted by Gasteiger charge is 2.52. The van der Waals surface area contributed by atoms with Crippen LogP contribution in [0.2, 0.25) is 0 Å². The van der Waals surface area contributed by atoms with Gasteiger partial charge in [-0.3, -0.25) is 14.5 Å². The lowest BCUT2D eigenvalue weighted by atomic mass is 10.0. The minimum Gasteiger partial charge on any atom is -0.301 e. The molecule has 0 saturated carbocycles. The van der Waals surface area contributed by atoms with E-state index < -0.39 is 21.9 Å². The zero-order chi connectivity index (χ0) is 24.3. The number of aldehydes is 1. The number of imide groups is 1. The van der Waals surface area contributed by atoms with Gasteiger partial charge in [-0.05, 0) is 42.0 Å². The highest BCUT2D eigenvalue weighted by atomic mass is 32.2. The number of carbonyl (C=O) groups is 3. The number of carbonyl (C=O) groups excluding carboxylic acids is 3. The lowest BCUT2D eigenvalue weighted by molar-refractivity contribution is -0.108. The Morgan fingerprint density at radius 3 is 1.43 bits per heavy atom. The summed E-state index contributed by atoms with van der Waals surface area (Å²) in [5.41, 5.74) is 1.42. The van der Waals surface area contributed by atoms with E-state index in [0.29, 0.717) is 16.7 Å². The summed E-state index contributed by atoms with van der Waals surface area (Å²) in [7, 11) is 0. The minimum atomic E-state index is -1.25. The zero-order valence-electron chi connectivity index (χ0n) is 18.6. The lowest BCUT2D eigenvalue weighted by Gasteiger charge is -2.40. The Kier molecular flexibility index (Phi) is 6.57. The van der Waals surface area contributed by atoms with Gasteiger partial charge in [0.05, 0.1) is 17.2 Å². The van der Waals surface area contributed by atoms with Crippen molar-refractivity contribution in [2.75, 3.05) is 0 Å². The maximum absolute atomic E-state index is 13.7. The molecule has 1 aliphatic rings. The molecule has 172 valence electrons. The van der Waals surface area contributed by atoms with Crippen LogP contribution < -0.4 is 0 Å². The molecular weight excluding hydrogens is 474 g/mol. The van der Waals surface area contributed by atoms with Gasteiger partial charge in [0.2, 0.25) is 0 Å². The van der Waals surface area contributed by atoms with Gasteiger partial charge in [0.25, 0.3) is 11.8 Å². The largest absolute Gasteiger partial charge is 0.301 e. The van der Waals surface area contributed by atoms with Gasteiger partial charge in [0.1, 0.15) is 6.29 Å². The van der Waals surface area contributed by atoms with E-state index in [4.69, 9.17) is 0 Å². The zero-order valence-corrected chi connectivity index (χ0v) is 20.2. The topological polar surface area (TPSA) is 54.5 Å². The molecule has 6 heteroatoms. The van der Waals surface area contributed by atoms with Crippen LogP contribution in [-0.2, 0) is 4.79 Å². The van der Waals surface area contributed by atoms with E-state index >= 15 is 0 Å². The van der Waals surface area contributed by atoms with Crippen molar-refractivity contribution in [2.24, 2.45) is 0 Å². The second-order valence-corrected chi connectivity index (χ2v) is 11.0. The van der Waals surface area contributed by atoms with Gasteiger partial charge >= 0.3 is 0 Å². The summed E-state index contributed by atoms with van der Waals surface area (Å²) in [5, 5.41) is 0. The van der Waals surface area contributed by atoms with Gasteiger partial charge < -0.3 is 4.79 Å². The molecule has 4 nitrogen and oxygen atoms in total. The Morgan fingerprint density at radius 1 is 0.600 bits per heavy atom. The van der Waals surface area contributed by atoms with E-state index in [1.807, 2.05) is 91.0 Å². The highest BCUT2D eigenvalue weighted by molar-refractivity contribution is 8.19. The molecule has 4 aromatic rings. The molecule has 0 bridgehead atoms. The summed E-state index contributed by atoms with van der Waals surface area (Å²) in [6, 6.07) is 34.4. The summed E-state index contributed by atoms with van der Waals surface area (Å²) in [6.07, 6.45) is 0.879. The Balaban J connectivity index is 1.71. The first-order valence-electron chi connectivity index (χ1n) is 11.1. The van der Waals surface area contributed by atoms with Crippen molar-refractivity contribution in [1.29, 1.82) is 0 Å². The van der Waals surface area contributed by atoms with E-state index in [0.717, 1.165) is 16.1 Å². The predicted molar refractivity (Wildman–Crippen MR) is 140 cm³/mol. The fourth-order valence-corrected chi connectivity index (χ4v) is 7.10. The van der Waals surface area contributed by atoms with Crippen LogP contribution in [-0.4, -0.2) is 27.1 Å². The van der Waals surface area contributed by atoms with Crippen molar-refractivity contribution >= 4 is 41.6 Å². The number of amides is 2. The first kappa shape index (κ1) is 23.1. The van der Waals surface area contributed by atoms with Crippen molar-refractivity contribution < 1.29 is 14.4 Å². The van der Waals surface area contributed by atoms with Crippen molar-refractivity contribution in [2.45, 2.75) is 19.9 Å². The van der Waals surface area contributed by atoms with Crippen molar-refractivity contribution in [3.05, 3.63) is 132 Å². The SMILES string of the molecule is O=CC(Sc1ccccc1)(Sc1ccccc1)[C@H](c1ccccc1)N1C(=O)c2ccccc2C1=O. The smallest absolute Gasteiger partial charge is 0.262 e. The van der Waals surface area contributed by atoms with E-state index in [2.05, 4.69) is 0 Å². The molecule has 1 aliphatic heterocycles. The van der Waals surface area contributed by atoms with E-state index in [1.54, 1.807) is 24.3 Å². The van der Waals surface area contributed by atoms with Crippen LogP contribution in [0.25, 0.3) is 0 Å². The quantitative estimate of drug-likeness (QED) is 0.121. The first-order valence-corrected chi connectivity index (χ1v) is 12.7. The predicted octanol–water partition coefficient (Wildman–Crippen LogP) is 6.50. The van der Waals surface area contributed by atoms with Crippen molar-refractivity contribution in [1.82, 2.24) is 4.90 Å². The maximum Gasteiger partial charge on any atom is 0.262 e. The second kappa shape index (κ2) is 9.94. The van der Waals surface area contributed by atoms with Gasteiger partial charge in [-0.25, -0.2) is 0 Å². The molecule has 1 heterocycles. The van der Waals surface area contributed by atoms with Crippen LogP contribution >= 0.6 is 23.5 Å². The van der Waals surface area contributed by atoms with Gasteiger partial charge in [-0.15, -0.1) is 0 Å². The van der Waals surface area contributed by atoms with Crippen molar-refractivity contribution in [3.63, 3.8) is 0 Å². The molecule has 2 amide bonds. The van der Waals surface area contributed by atoms with Crippen LogP contribution in [0.4, 0.5) is 0 Å². The fraction of sp³-hybridized carbons (Fsp3) is 0.0690. The molecule has 0 spiro atoms. The van der Waals surface area contributed by atoms with Crippen LogP contribution in [0.1, 0.15) is 32.3 Å². The normalized spacial score (nSPS) is 14.0. The number of nitrogens with zero attached hydrogens (tertiary/aromatic N) is 1. The molecule has 35 heavy (non-hydrogen) atoms. The summed E-state index contributed by atoms with van der Waals surface area (Å²) in [5.74, 6) is -0.791. The Hall–Kier alpha value is -3.61. The summed E-state index contributed by atoms with van der Waals surface area (Å²) in [6.45, 7) is 0. The number of rotatable bonds is 8. The number of hydrogen-bond acceptors (Lipinski definition) is 5. The van der Waals surface area contributed by atoms with Gasteiger partial charge in [-0.2, -0.15) is 0 Å². The molecule has 0 fully saturated rings. The molecule has 0 N–H and O–H groups in total. The monoisotopic (exact) mass is 495 g/mol. The highest BCUT2D eigenvalue weighted by Crippen LogP contribution is 2.54. The third kappa shape index (κ3) is 4.43. The molecule has 4 aromatic carbocycles. The van der Waals surface area contributed by atoms with Crippen LogP contribution in [0.15, 0.2) is 125 Å². The molecule has 0 aliphatic carbocycles. The van der Waals surface area contributed by atoms with Gasteiger partial charge in [0, 0.05) is 9.79 Å². The third-order valence-corrected chi connectivity index (χ3v) is 8.58. The van der Waals surface area contributed by atoms with Crippen LogP contribution in [0, 0.1) is 0 Å². The minimum absolute atomic E-state index is 0.354. The number of thioether (sulfide) groups is 2. The van der Waals surface area contributed by atoms with Crippen molar-refractivity contribution in [3.8, 4) is 0 Å². The van der Waals surface area contributed by atoms with E-state index in [9.17, 15) is 14.4 Å². The number of benzene rings is 4. The summed E-state index contributed by atoms with van der Waals surface area (Å²) < 4.78 is -1.25. The molecule has 1 atom stereocenters. The fourth-order valence-electron chi connectivity index (χ4n) is 4.23. The average Bonchev–Trinajstić information content (AvgIpc) is 3.16. The summed E-state index contributed by atoms with van der Waals surface area (Å²) in [4.78, 5) is 43.5. The number of fused-ring (bicyclic) bond motifs is 1. The number of hydrogen-bond donors (Lipinski definition) is 0. The standard InChI is InChI=1S/C29H21NO3S2/c31-20-29(34-22-14-6-2-7-15-22,35-23-16-8-3-9-17-23)26(21-12-4-1-5-13-21)30-27(32)24-18-10-11-19-25(24)28(30)33/h1-20,26H/t26-/m0/s1. The van der Waals surface area contributed by atoms with E-state index in [1.165, 1.54) is 28.4 Å². The lowest BCUT2D eigenvalue weighted by Crippen LogP contribution is -2.46. The second-order valence-electron chi connectivity index (χ2n) is 8.01. The molecule has 0 unspecified atom stereocenters. The van der Waals surface area contributed by atoms with Gasteiger partial charge in [-0.1, -0.05) is 102 Å². The Labute approximate surface area is 212 Å². The summed E-state index contributed by atoms with van der Waals surface area (Å²) >= 11 is 2.70. The van der Waals surface area contributed by atoms with Gasteiger partial charge in [0.15, 0.2) is 4.08 Å². The molecule has 0 radical (unpaired) electrons. The Bertz CT molecular complexity index is 1280. The average molecular weight is 496 g/mol. The molecule has 5 rings (SSSR count). The molecule has 0 aromatic heterocycles. The van der Waals surface area contributed by atoms with Crippen LogP contribution in [0.3, 0.4) is 0 Å². The van der Waals surface area contributed by atoms with E-state index in [-0.39, 0.29) is 0 Å². The first-order chi connectivity index (χ1) is 17.1. The Morgan fingerprint density at radius 2 is 1.00 bits per heavy atom. The molecule has 0 saturated heterocycles.